The van der Waals surface area contributed by atoms with E-state index in [-0.39, 0.29) is 5.75 Å². The average Bonchev–Trinajstić information content (AvgIpc) is 2.45. The number of nitrogens with one attached hydrogen (secondary N) is 1. The molecule has 21 heavy (non-hydrogen) atoms. The van der Waals surface area contributed by atoms with E-state index < -0.39 is 9.84 Å². The number of halogens is 1. The van der Waals surface area contributed by atoms with Gasteiger partial charge in [0, 0.05) is 11.0 Å². The zero-order valence-corrected chi connectivity index (χ0v) is 14.2. The molecule has 5 heteroatoms. The third-order valence-electron chi connectivity index (χ3n) is 3.07. The first-order chi connectivity index (χ1) is 10.0. The van der Waals surface area contributed by atoms with Gasteiger partial charge in [0.1, 0.15) is 0 Å². The standard InChI is InChI=1S/C16H18BrNO2S/c1-2-10-21(19,20)16-9-4-3-8-15(16)18-12-13-6-5-7-14(17)11-13/h3-9,11,18H,2,10,12H2,1H3. The minimum atomic E-state index is -3.23. The molecule has 0 atom stereocenters. The van der Waals surface area contributed by atoms with Crippen molar-refractivity contribution in [3.05, 3.63) is 58.6 Å². The summed E-state index contributed by atoms with van der Waals surface area (Å²) in [5.41, 5.74) is 1.75. The molecule has 0 fully saturated rings. The summed E-state index contributed by atoms with van der Waals surface area (Å²) < 4.78 is 25.5. The predicted molar refractivity (Wildman–Crippen MR) is 90.3 cm³/mol. The highest BCUT2D eigenvalue weighted by atomic mass is 79.9. The van der Waals surface area contributed by atoms with Gasteiger partial charge in [-0.1, -0.05) is 47.1 Å². The third-order valence-corrected chi connectivity index (χ3v) is 5.53. The Labute approximate surface area is 134 Å². The van der Waals surface area contributed by atoms with Crippen molar-refractivity contribution in [2.24, 2.45) is 0 Å². The van der Waals surface area contributed by atoms with Crippen molar-refractivity contribution in [2.45, 2.75) is 24.8 Å². The molecule has 1 N–H and O–H groups in total. The first-order valence-electron chi connectivity index (χ1n) is 6.83. The summed E-state index contributed by atoms with van der Waals surface area (Å²) in [6.07, 6.45) is 0.613. The summed E-state index contributed by atoms with van der Waals surface area (Å²) in [6.45, 7) is 2.45. The van der Waals surface area contributed by atoms with E-state index >= 15 is 0 Å². The molecule has 0 aliphatic heterocycles. The van der Waals surface area contributed by atoms with Crippen LogP contribution in [0.3, 0.4) is 0 Å². The maximum Gasteiger partial charge on any atom is 0.180 e. The van der Waals surface area contributed by atoms with Crippen molar-refractivity contribution in [1.82, 2.24) is 0 Å². The van der Waals surface area contributed by atoms with Crippen LogP contribution in [0, 0.1) is 0 Å². The molecular weight excluding hydrogens is 350 g/mol. The van der Waals surface area contributed by atoms with E-state index in [0.29, 0.717) is 23.5 Å². The second-order valence-corrected chi connectivity index (χ2v) is 7.79. The molecule has 0 amide bonds. The normalized spacial score (nSPS) is 11.3. The molecule has 2 aromatic carbocycles. The summed E-state index contributed by atoms with van der Waals surface area (Å²) in [7, 11) is -3.23. The smallest absolute Gasteiger partial charge is 0.180 e. The van der Waals surface area contributed by atoms with Crippen molar-refractivity contribution in [1.29, 1.82) is 0 Å². The maximum absolute atomic E-state index is 12.3. The highest BCUT2D eigenvalue weighted by molar-refractivity contribution is 9.10. The fourth-order valence-corrected chi connectivity index (χ4v) is 4.07. The summed E-state index contributed by atoms with van der Waals surface area (Å²) in [4.78, 5) is 0.377. The molecule has 0 saturated heterocycles. The van der Waals surface area contributed by atoms with Gasteiger partial charge < -0.3 is 5.32 Å². The van der Waals surface area contributed by atoms with Gasteiger partial charge >= 0.3 is 0 Å². The van der Waals surface area contributed by atoms with Gasteiger partial charge in [-0.2, -0.15) is 0 Å². The molecule has 0 heterocycles. The fraction of sp³-hybridized carbons (Fsp3) is 0.250. The van der Waals surface area contributed by atoms with Gasteiger partial charge in [0.15, 0.2) is 9.84 Å². The highest BCUT2D eigenvalue weighted by Gasteiger charge is 2.17. The molecule has 3 nitrogen and oxygen atoms in total. The van der Waals surface area contributed by atoms with Crippen LogP contribution in [0.4, 0.5) is 5.69 Å². The Morgan fingerprint density at radius 3 is 2.57 bits per heavy atom. The van der Waals surface area contributed by atoms with E-state index in [2.05, 4.69) is 21.2 Å². The first-order valence-corrected chi connectivity index (χ1v) is 9.27. The molecule has 0 bridgehead atoms. The fourth-order valence-electron chi connectivity index (χ4n) is 2.11. The molecule has 2 aromatic rings. The van der Waals surface area contributed by atoms with Crippen LogP contribution in [0.5, 0.6) is 0 Å². The molecule has 112 valence electrons. The molecule has 0 aliphatic carbocycles. The monoisotopic (exact) mass is 367 g/mol. The Kier molecular flexibility index (Phi) is 5.42. The summed E-state index contributed by atoms with van der Waals surface area (Å²) in [6, 6.07) is 15.0. The molecule has 0 spiro atoms. The summed E-state index contributed by atoms with van der Waals surface area (Å²) >= 11 is 3.43. The quantitative estimate of drug-likeness (QED) is 0.829. The van der Waals surface area contributed by atoms with Gasteiger partial charge in [0.2, 0.25) is 0 Å². The van der Waals surface area contributed by atoms with E-state index in [9.17, 15) is 8.42 Å². The molecule has 2 rings (SSSR count). The number of hydrogen-bond donors (Lipinski definition) is 1. The Morgan fingerprint density at radius 2 is 1.86 bits per heavy atom. The number of para-hydroxylation sites is 1. The lowest BCUT2D eigenvalue weighted by Gasteiger charge is -2.12. The van der Waals surface area contributed by atoms with Crippen LogP contribution in [0.15, 0.2) is 57.9 Å². The van der Waals surface area contributed by atoms with Crippen LogP contribution in [0.2, 0.25) is 0 Å². The Balaban J connectivity index is 2.21. The summed E-state index contributed by atoms with van der Waals surface area (Å²) in [5.74, 6) is 0.169. The molecule has 0 unspecified atom stereocenters. The van der Waals surface area contributed by atoms with E-state index in [4.69, 9.17) is 0 Å². The van der Waals surface area contributed by atoms with Crippen LogP contribution in [-0.2, 0) is 16.4 Å². The molecule has 0 aromatic heterocycles. The van der Waals surface area contributed by atoms with Crippen LogP contribution >= 0.6 is 15.9 Å². The van der Waals surface area contributed by atoms with Crippen molar-refractivity contribution >= 4 is 31.5 Å². The van der Waals surface area contributed by atoms with Crippen molar-refractivity contribution in [3.8, 4) is 0 Å². The highest BCUT2D eigenvalue weighted by Crippen LogP contribution is 2.23. The second-order valence-electron chi connectivity index (χ2n) is 4.80. The van der Waals surface area contributed by atoms with Crippen molar-refractivity contribution in [3.63, 3.8) is 0 Å². The first kappa shape index (κ1) is 16.0. The Hall–Kier alpha value is -1.33. The maximum atomic E-state index is 12.3. The van der Waals surface area contributed by atoms with Crippen LogP contribution in [0.25, 0.3) is 0 Å². The Morgan fingerprint density at radius 1 is 1.10 bits per heavy atom. The van der Waals surface area contributed by atoms with Crippen molar-refractivity contribution in [2.75, 3.05) is 11.1 Å². The third kappa shape index (κ3) is 4.32. The molecule has 0 aliphatic rings. The topological polar surface area (TPSA) is 46.2 Å². The van der Waals surface area contributed by atoms with E-state index in [1.54, 1.807) is 18.2 Å². The lowest BCUT2D eigenvalue weighted by Crippen LogP contribution is -2.10. The average molecular weight is 368 g/mol. The number of anilines is 1. The van der Waals surface area contributed by atoms with Gasteiger partial charge in [-0.15, -0.1) is 0 Å². The van der Waals surface area contributed by atoms with E-state index in [1.165, 1.54) is 0 Å². The molecular formula is C16H18BrNO2S. The predicted octanol–water partition coefficient (Wildman–Crippen LogP) is 4.24. The lowest BCUT2D eigenvalue weighted by atomic mass is 10.2. The molecule has 0 saturated carbocycles. The molecule has 0 radical (unpaired) electrons. The zero-order valence-electron chi connectivity index (χ0n) is 11.8. The van der Waals surface area contributed by atoms with E-state index in [1.807, 2.05) is 37.3 Å². The number of benzene rings is 2. The van der Waals surface area contributed by atoms with Crippen molar-refractivity contribution < 1.29 is 8.42 Å². The SMILES string of the molecule is CCCS(=O)(=O)c1ccccc1NCc1cccc(Br)c1. The number of hydrogen-bond acceptors (Lipinski definition) is 3. The largest absolute Gasteiger partial charge is 0.380 e. The number of sulfone groups is 1. The van der Waals surface area contributed by atoms with Gasteiger partial charge in [0.25, 0.3) is 0 Å². The Bertz CT molecular complexity index is 714. The number of rotatable bonds is 6. The minimum Gasteiger partial charge on any atom is -0.380 e. The van der Waals surface area contributed by atoms with Crippen LogP contribution in [0.1, 0.15) is 18.9 Å². The van der Waals surface area contributed by atoms with Gasteiger partial charge in [-0.25, -0.2) is 8.42 Å². The van der Waals surface area contributed by atoms with Crippen LogP contribution < -0.4 is 5.32 Å². The summed E-state index contributed by atoms with van der Waals surface area (Å²) in [5, 5.41) is 3.22. The lowest BCUT2D eigenvalue weighted by molar-refractivity contribution is 0.595. The van der Waals surface area contributed by atoms with Gasteiger partial charge in [-0.3, -0.25) is 0 Å². The zero-order chi connectivity index (χ0) is 15.3. The second kappa shape index (κ2) is 7.09. The van der Waals surface area contributed by atoms with E-state index in [0.717, 1.165) is 10.0 Å². The van der Waals surface area contributed by atoms with Crippen LogP contribution in [-0.4, -0.2) is 14.2 Å². The minimum absolute atomic E-state index is 0.169. The van der Waals surface area contributed by atoms with Gasteiger partial charge in [0.05, 0.1) is 16.3 Å². The van der Waals surface area contributed by atoms with Gasteiger partial charge in [-0.05, 0) is 36.2 Å².